The van der Waals surface area contributed by atoms with E-state index in [-0.39, 0.29) is 5.89 Å². The van der Waals surface area contributed by atoms with Crippen LogP contribution in [0, 0.1) is 6.92 Å². The molecular weight excluding hydrogens is 194 g/mol. The summed E-state index contributed by atoms with van der Waals surface area (Å²) in [5.74, 6) is -0.0975. The average molecular weight is 209 g/mol. The van der Waals surface area contributed by atoms with E-state index < -0.39 is 5.97 Å². The molecule has 4 nitrogen and oxygen atoms in total. The molecule has 15 heavy (non-hydrogen) atoms. The predicted octanol–water partition coefficient (Wildman–Crippen LogP) is 2.73. The molecule has 1 heterocycles. The first kappa shape index (κ1) is 10.2. The van der Waals surface area contributed by atoms with Gasteiger partial charge in [-0.25, -0.2) is 9.78 Å². The van der Waals surface area contributed by atoms with Crippen LogP contribution >= 0.6 is 0 Å². The van der Waals surface area contributed by atoms with Crippen LogP contribution in [-0.2, 0) is 0 Å². The van der Waals surface area contributed by atoms with Gasteiger partial charge in [-0.3, -0.25) is 0 Å². The molecule has 0 atom stereocenters. The van der Waals surface area contributed by atoms with Gasteiger partial charge in [0.05, 0.1) is 5.69 Å². The van der Waals surface area contributed by atoms with Crippen LogP contribution < -0.4 is 0 Å². The van der Waals surface area contributed by atoms with Gasteiger partial charge in [-0.15, -0.1) is 0 Å². The van der Waals surface area contributed by atoms with Gasteiger partial charge in [0.1, 0.15) is 5.76 Å². The molecule has 4 heteroatoms. The number of rotatable bonds is 2. The van der Waals surface area contributed by atoms with Crippen molar-refractivity contribution >= 4 is 5.97 Å². The lowest BCUT2D eigenvalue weighted by atomic mass is 9.87. The number of hydrogen-bond donors (Lipinski definition) is 1. The maximum atomic E-state index is 10.7. The summed E-state index contributed by atoms with van der Waals surface area (Å²) in [6, 6.07) is 0. The van der Waals surface area contributed by atoms with Crippen LogP contribution in [0.25, 0.3) is 0 Å². The third-order valence-electron chi connectivity index (χ3n) is 2.99. The van der Waals surface area contributed by atoms with Crippen molar-refractivity contribution in [3.05, 3.63) is 17.3 Å². The topological polar surface area (TPSA) is 63.3 Å². The number of carbonyl (C=O) groups is 1. The smallest absolute Gasteiger partial charge is 0.392 e. The number of aryl methyl sites for hydroxylation is 1. The van der Waals surface area contributed by atoms with Crippen molar-refractivity contribution in [2.75, 3.05) is 0 Å². The third-order valence-corrected chi connectivity index (χ3v) is 2.99. The number of hydrogen-bond acceptors (Lipinski definition) is 3. The van der Waals surface area contributed by atoms with E-state index >= 15 is 0 Å². The van der Waals surface area contributed by atoms with E-state index in [1.165, 1.54) is 19.3 Å². The highest BCUT2D eigenvalue weighted by Gasteiger charge is 2.24. The highest BCUT2D eigenvalue weighted by Crippen LogP contribution is 2.34. The molecule has 0 bridgehead atoms. The molecule has 0 aromatic carbocycles. The van der Waals surface area contributed by atoms with Crippen molar-refractivity contribution in [3.63, 3.8) is 0 Å². The number of aromatic carboxylic acids is 1. The Morgan fingerprint density at radius 3 is 2.60 bits per heavy atom. The molecule has 1 aromatic heterocycles. The Labute approximate surface area is 88.3 Å². The Morgan fingerprint density at radius 2 is 2.07 bits per heavy atom. The maximum Gasteiger partial charge on any atom is 0.392 e. The summed E-state index contributed by atoms with van der Waals surface area (Å²) in [5, 5.41) is 8.76. The molecule has 0 spiro atoms. The van der Waals surface area contributed by atoms with E-state index in [9.17, 15) is 4.79 Å². The Hall–Kier alpha value is -1.32. The van der Waals surface area contributed by atoms with E-state index in [1.54, 1.807) is 0 Å². The molecule has 1 N–H and O–H groups in total. The molecule has 1 aliphatic rings. The van der Waals surface area contributed by atoms with E-state index in [2.05, 4.69) is 4.98 Å². The highest BCUT2D eigenvalue weighted by molar-refractivity contribution is 5.82. The summed E-state index contributed by atoms with van der Waals surface area (Å²) in [5.41, 5.74) is 0.735. The summed E-state index contributed by atoms with van der Waals surface area (Å²) in [6.45, 7) is 1.82. The van der Waals surface area contributed by atoms with Crippen molar-refractivity contribution in [3.8, 4) is 0 Å². The van der Waals surface area contributed by atoms with Crippen LogP contribution in [0.2, 0.25) is 0 Å². The van der Waals surface area contributed by atoms with Crippen LogP contribution in [0.5, 0.6) is 0 Å². The zero-order valence-electron chi connectivity index (χ0n) is 8.82. The molecule has 0 saturated heterocycles. The van der Waals surface area contributed by atoms with Gasteiger partial charge in [0.15, 0.2) is 0 Å². The average Bonchev–Trinajstić information content (AvgIpc) is 2.62. The fourth-order valence-corrected chi connectivity index (χ4v) is 2.24. The van der Waals surface area contributed by atoms with Crippen LogP contribution in [0.3, 0.4) is 0 Å². The zero-order valence-corrected chi connectivity index (χ0v) is 8.82. The summed E-state index contributed by atoms with van der Waals surface area (Å²) in [7, 11) is 0. The summed E-state index contributed by atoms with van der Waals surface area (Å²) >= 11 is 0. The summed E-state index contributed by atoms with van der Waals surface area (Å²) in [6.07, 6.45) is 5.86. The second-order valence-corrected chi connectivity index (χ2v) is 4.11. The van der Waals surface area contributed by atoms with Crippen LogP contribution in [-0.4, -0.2) is 16.1 Å². The molecule has 1 saturated carbocycles. The van der Waals surface area contributed by atoms with Crippen molar-refractivity contribution in [1.82, 2.24) is 4.98 Å². The molecule has 1 aromatic rings. The fraction of sp³-hybridized carbons (Fsp3) is 0.636. The Kier molecular flexibility index (Phi) is 2.75. The van der Waals surface area contributed by atoms with Crippen molar-refractivity contribution in [2.45, 2.75) is 44.9 Å². The Balaban J connectivity index is 2.22. The second-order valence-electron chi connectivity index (χ2n) is 4.11. The third kappa shape index (κ3) is 2.03. The lowest BCUT2D eigenvalue weighted by molar-refractivity contribution is 0.0650. The van der Waals surface area contributed by atoms with Crippen LogP contribution in [0.4, 0.5) is 0 Å². The molecule has 0 aliphatic heterocycles. The van der Waals surface area contributed by atoms with E-state index in [1.807, 2.05) is 6.92 Å². The van der Waals surface area contributed by atoms with Crippen LogP contribution in [0.1, 0.15) is 60.2 Å². The molecule has 0 amide bonds. The molecule has 1 aliphatic carbocycles. The van der Waals surface area contributed by atoms with Gasteiger partial charge >= 0.3 is 11.9 Å². The summed E-state index contributed by atoms with van der Waals surface area (Å²) < 4.78 is 5.30. The minimum Gasteiger partial charge on any atom is -0.474 e. The number of carboxylic acid groups (broad SMARTS) is 1. The number of oxazole rings is 1. The lowest BCUT2D eigenvalue weighted by Crippen LogP contribution is -2.04. The number of carboxylic acids is 1. The molecular formula is C11H15NO3. The maximum absolute atomic E-state index is 10.7. The minimum atomic E-state index is -1.08. The monoisotopic (exact) mass is 209 g/mol. The lowest BCUT2D eigenvalue weighted by Gasteiger charge is -2.19. The SMILES string of the molecule is Cc1nc(C(=O)O)oc1C1CCCCC1. The molecule has 0 radical (unpaired) electrons. The first-order valence-corrected chi connectivity index (χ1v) is 5.39. The van der Waals surface area contributed by atoms with Gasteiger partial charge in [0, 0.05) is 5.92 Å². The first-order chi connectivity index (χ1) is 7.18. The number of nitrogens with zero attached hydrogens (tertiary/aromatic N) is 1. The number of aromatic nitrogens is 1. The van der Waals surface area contributed by atoms with E-state index in [4.69, 9.17) is 9.52 Å². The van der Waals surface area contributed by atoms with Gasteiger partial charge in [-0.2, -0.15) is 0 Å². The zero-order chi connectivity index (χ0) is 10.8. The quantitative estimate of drug-likeness (QED) is 0.813. The first-order valence-electron chi connectivity index (χ1n) is 5.39. The van der Waals surface area contributed by atoms with Gasteiger partial charge in [-0.05, 0) is 19.8 Å². The Morgan fingerprint density at radius 1 is 1.40 bits per heavy atom. The Bertz CT molecular complexity index is 364. The fourth-order valence-electron chi connectivity index (χ4n) is 2.24. The van der Waals surface area contributed by atoms with Crippen molar-refractivity contribution in [2.24, 2.45) is 0 Å². The van der Waals surface area contributed by atoms with Crippen molar-refractivity contribution < 1.29 is 14.3 Å². The highest BCUT2D eigenvalue weighted by atomic mass is 16.4. The van der Waals surface area contributed by atoms with Gasteiger partial charge in [-0.1, -0.05) is 19.3 Å². The van der Waals surface area contributed by atoms with Gasteiger partial charge < -0.3 is 9.52 Å². The molecule has 2 rings (SSSR count). The van der Waals surface area contributed by atoms with Crippen LogP contribution in [0.15, 0.2) is 4.42 Å². The predicted molar refractivity (Wildman–Crippen MR) is 54.0 cm³/mol. The van der Waals surface area contributed by atoms with Crippen molar-refractivity contribution in [1.29, 1.82) is 0 Å². The van der Waals surface area contributed by atoms with Gasteiger partial charge in [0.2, 0.25) is 0 Å². The van der Waals surface area contributed by atoms with E-state index in [0.717, 1.165) is 24.3 Å². The van der Waals surface area contributed by atoms with E-state index in [0.29, 0.717) is 5.92 Å². The standard InChI is InChI=1S/C11H15NO3/c1-7-9(8-5-3-2-4-6-8)15-10(12-7)11(13)14/h8H,2-6H2,1H3,(H,13,14). The molecule has 1 fully saturated rings. The minimum absolute atomic E-state index is 0.173. The second kappa shape index (κ2) is 4.04. The molecule has 82 valence electrons. The largest absolute Gasteiger partial charge is 0.474 e. The van der Waals surface area contributed by atoms with Gasteiger partial charge in [0.25, 0.3) is 0 Å². The summed E-state index contributed by atoms with van der Waals surface area (Å²) in [4.78, 5) is 14.6. The normalized spacial score (nSPS) is 17.9. The molecule has 0 unspecified atom stereocenters.